The molecular weight excluding hydrogens is 327 g/mol. The molecule has 0 bridgehead atoms. The van der Waals surface area contributed by atoms with Crippen molar-refractivity contribution in [1.82, 2.24) is 4.31 Å². The summed E-state index contributed by atoms with van der Waals surface area (Å²) in [6, 6.07) is 2.54. The molecule has 0 fully saturated rings. The van der Waals surface area contributed by atoms with E-state index in [0.717, 1.165) is 16.4 Å². The Morgan fingerprint density at radius 3 is 2.14 bits per heavy atom. The largest absolute Gasteiger partial charge is 0.417 e. The van der Waals surface area contributed by atoms with Crippen molar-refractivity contribution < 1.29 is 21.6 Å². The van der Waals surface area contributed by atoms with E-state index in [2.05, 4.69) is 13.2 Å². The van der Waals surface area contributed by atoms with Crippen LogP contribution in [0.25, 0.3) is 0 Å². The highest BCUT2D eigenvalue weighted by Crippen LogP contribution is 2.36. The molecule has 0 unspecified atom stereocenters. The van der Waals surface area contributed by atoms with Crippen LogP contribution < -0.4 is 0 Å². The quantitative estimate of drug-likeness (QED) is 0.741. The van der Waals surface area contributed by atoms with E-state index in [4.69, 9.17) is 11.6 Å². The molecule has 8 heteroatoms. The first-order valence-corrected chi connectivity index (χ1v) is 7.55. The summed E-state index contributed by atoms with van der Waals surface area (Å²) in [5.74, 6) is 0. The molecule has 0 spiro atoms. The van der Waals surface area contributed by atoms with Crippen molar-refractivity contribution in [1.29, 1.82) is 0 Å². The molecule has 0 saturated carbocycles. The number of sulfonamides is 1. The second-order valence-electron chi connectivity index (χ2n) is 4.04. The Labute approximate surface area is 126 Å². The van der Waals surface area contributed by atoms with Gasteiger partial charge in [0.1, 0.15) is 0 Å². The number of hydrogen-bond acceptors (Lipinski definition) is 2. The Balaban J connectivity index is 3.50. The zero-order valence-corrected chi connectivity index (χ0v) is 12.5. The molecule has 3 nitrogen and oxygen atoms in total. The molecular formula is C13H13ClF3NO2S. The van der Waals surface area contributed by atoms with Crippen molar-refractivity contribution >= 4 is 21.6 Å². The maximum atomic E-state index is 13.0. The lowest BCUT2D eigenvalue weighted by atomic mass is 10.2. The fourth-order valence-electron chi connectivity index (χ4n) is 1.65. The van der Waals surface area contributed by atoms with Gasteiger partial charge in [-0.25, -0.2) is 8.42 Å². The minimum atomic E-state index is -4.83. The zero-order chi connectivity index (χ0) is 16.3. The van der Waals surface area contributed by atoms with Gasteiger partial charge in [-0.2, -0.15) is 17.5 Å². The van der Waals surface area contributed by atoms with Gasteiger partial charge in [0.05, 0.1) is 10.5 Å². The van der Waals surface area contributed by atoms with E-state index in [1.54, 1.807) is 0 Å². The van der Waals surface area contributed by atoms with Gasteiger partial charge in [-0.1, -0.05) is 23.8 Å². The number of hydrogen-bond donors (Lipinski definition) is 0. The SMILES string of the molecule is C=CCN(CC=C)S(=O)(=O)c1ccc(Cl)cc1C(F)(F)F. The first kappa shape index (κ1) is 17.7. The van der Waals surface area contributed by atoms with E-state index in [1.807, 2.05) is 0 Å². The molecule has 0 heterocycles. The molecule has 0 radical (unpaired) electrons. The second kappa shape index (κ2) is 6.64. The number of rotatable bonds is 6. The minimum Gasteiger partial charge on any atom is -0.207 e. The Bertz CT molecular complexity index is 631. The van der Waals surface area contributed by atoms with E-state index >= 15 is 0 Å². The highest BCUT2D eigenvalue weighted by Gasteiger charge is 2.38. The average Bonchev–Trinajstić information content (AvgIpc) is 2.37. The van der Waals surface area contributed by atoms with E-state index in [0.29, 0.717) is 6.07 Å². The van der Waals surface area contributed by atoms with Crippen LogP contribution in [0.3, 0.4) is 0 Å². The van der Waals surface area contributed by atoms with Crippen molar-refractivity contribution in [3.63, 3.8) is 0 Å². The number of alkyl halides is 3. The van der Waals surface area contributed by atoms with E-state index in [9.17, 15) is 21.6 Å². The molecule has 1 aromatic rings. The summed E-state index contributed by atoms with van der Waals surface area (Å²) < 4.78 is 64.6. The first-order valence-electron chi connectivity index (χ1n) is 5.73. The van der Waals surface area contributed by atoms with Crippen molar-refractivity contribution in [2.45, 2.75) is 11.1 Å². The van der Waals surface area contributed by atoms with Gasteiger partial charge in [0, 0.05) is 18.1 Å². The Kier molecular flexibility index (Phi) is 5.61. The van der Waals surface area contributed by atoms with Crippen molar-refractivity contribution in [2.24, 2.45) is 0 Å². The molecule has 1 aromatic carbocycles. The third kappa shape index (κ3) is 4.09. The van der Waals surface area contributed by atoms with Crippen LogP contribution in [0.2, 0.25) is 5.02 Å². The van der Waals surface area contributed by atoms with Gasteiger partial charge >= 0.3 is 6.18 Å². The topological polar surface area (TPSA) is 37.4 Å². The first-order chi connectivity index (χ1) is 9.64. The van der Waals surface area contributed by atoms with Crippen LogP contribution in [-0.4, -0.2) is 25.8 Å². The molecule has 0 saturated heterocycles. The highest BCUT2D eigenvalue weighted by atomic mass is 35.5. The summed E-state index contributed by atoms with van der Waals surface area (Å²) in [6.45, 7) is 6.52. The predicted molar refractivity (Wildman–Crippen MR) is 75.6 cm³/mol. The Hall–Kier alpha value is -1.31. The summed E-state index contributed by atoms with van der Waals surface area (Å²) in [5.41, 5.74) is -1.30. The van der Waals surface area contributed by atoms with Crippen molar-refractivity contribution in [3.05, 3.63) is 54.1 Å². The lowest BCUT2D eigenvalue weighted by molar-refractivity contribution is -0.139. The molecule has 0 aliphatic rings. The summed E-state index contributed by atoms with van der Waals surface area (Å²) >= 11 is 5.53. The van der Waals surface area contributed by atoms with Crippen LogP contribution in [0, 0.1) is 0 Å². The van der Waals surface area contributed by atoms with Gasteiger partial charge < -0.3 is 0 Å². The van der Waals surface area contributed by atoms with Crippen molar-refractivity contribution in [3.8, 4) is 0 Å². The third-order valence-electron chi connectivity index (χ3n) is 2.53. The van der Waals surface area contributed by atoms with E-state index in [1.165, 1.54) is 12.2 Å². The van der Waals surface area contributed by atoms with E-state index < -0.39 is 26.7 Å². The average molecular weight is 340 g/mol. The number of benzene rings is 1. The van der Waals surface area contributed by atoms with Gasteiger partial charge in [0.25, 0.3) is 0 Å². The lowest BCUT2D eigenvalue weighted by Gasteiger charge is -2.21. The van der Waals surface area contributed by atoms with Gasteiger partial charge in [-0.15, -0.1) is 13.2 Å². The van der Waals surface area contributed by atoms with Gasteiger partial charge in [0.15, 0.2) is 0 Å². The fourth-order valence-corrected chi connectivity index (χ4v) is 3.39. The Morgan fingerprint density at radius 1 is 1.19 bits per heavy atom. The molecule has 0 aliphatic carbocycles. The predicted octanol–water partition coefficient (Wildman–Crippen LogP) is 3.72. The fraction of sp³-hybridized carbons (Fsp3) is 0.231. The molecule has 0 N–H and O–H groups in total. The smallest absolute Gasteiger partial charge is 0.207 e. The highest BCUT2D eigenvalue weighted by molar-refractivity contribution is 7.89. The van der Waals surface area contributed by atoms with Crippen LogP contribution in [0.5, 0.6) is 0 Å². The van der Waals surface area contributed by atoms with Crippen molar-refractivity contribution in [2.75, 3.05) is 13.1 Å². The standard InChI is InChI=1S/C13H13ClF3NO2S/c1-3-7-18(8-4-2)21(19,20)12-6-5-10(14)9-11(12)13(15,16)17/h3-6,9H,1-2,7-8H2. The summed E-state index contributed by atoms with van der Waals surface area (Å²) in [5, 5.41) is -0.194. The van der Waals surface area contributed by atoms with Crippen LogP contribution in [-0.2, 0) is 16.2 Å². The maximum absolute atomic E-state index is 13.0. The summed E-state index contributed by atoms with van der Waals surface area (Å²) in [6.07, 6.45) is -2.27. The van der Waals surface area contributed by atoms with Crippen LogP contribution in [0.15, 0.2) is 48.4 Å². The minimum absolute atomic E-state index is 0.131. The van der Waals surface area contributed by atoms with Gasteiger partial charge in [-0.05, 0) is 18.2 Å². The molecule has 1 rings (SSSR count). The normalized spacial score (nSPS) is 12.4. The summed E-state index contributed by atoms with van der Waals surface area (Å²) in [4.78, 5) is -0.844. The van der Waals surface area contributed by atoms with E-state index in [-0.39, 0.29) is 18.1 Å². The number of nitrogens with zero attached hydrogens (tertiary/aromatic N) is 1. The molecule has 21 heavy (non-hydrogen) atoms. The second-order valence-corrected chi connectivity index (χ2v) is 6.38. The molecule has 0 amide bonds. The third-order valence-corrected chi connectivity index (χ3v) is 4.66. The monoisotopic (exact) mass is 339 g/mol. The van der Waals surface area contributed by atoms with Crippen LogP contribution in [0.1, 0.15) is 5.56 Å². The number of halogens is 4. The van der Waals surface area contributed by atoms with Crippen LogP contribution >= 0.6 is 11.6 Å². The zero-order valence-electron chi connectivity index (χ0n) is 10.9. The maximum Gasteiger partial charge on any atom is 0.417 e. The van der Waals surface area contributed by atoms with Crippen LogP contribution in [0.4, 0.5) is 13.2 Å². The Morgan fingerprint density at radius 2 is 1.71 bits per heavy atom. The molecule has 116 valence electrons. The molecule has 0 aromatic heterocycles. The molecule has 0 aliphatic heterocycles. The summed E-state index contributed by atoms with van der Waals surface area (Å²) in [7, 11) is -4.34. The van der Waals surface area contributed by atoms with Gasteiger partial charge in [-0.3, -0.25) is 0 Å². The molecule has 0 atom stereocenters. The lowest BCUT2D eigenvalue weighted by Crippen LogP contribution is -2.32. The van der Waals surface area contributed by atoms with Gasteiger partial charge in [0.2, 0.25) is 10.0 Å².